The molecule has 0 atom stereocenters. The van der Waals surface area contributed by atoms with E-state index in [1.807, 2.05) is 50.3 Å². The summed E-state index contributed by atoms with van der Waals surface area (Å²) in [6, 6.07) is 9.55. The van der Waals surface area contributed by atoms with Crippen LogP contribution in [0.1, 0.15) is 48.6 Å². The highest BCUT2D eigenvalue weighted by Gasteiger charge is 2.19. The third-order valence-electron chi connectivity index (χ3n) is 3.82. The number of aryl methyl sites for hydroxylation is 2. The highest BCUT2D eigenvalue weighted by Crippen LogP contribution is 2.34. The molecule has 0 aliphatic carbocycles. The first-order valence-electron chi connectivity index (χ1n) is 7.50. The molecule has 2 N–H and O–H groups in total. The molecular formula is C20H24O2. The number of benzene rings is 2. The Morgan fingerprint density at radius 1 is 0.818 bits per heavy atom. The Kier molecular flexibility index (Phi) is 4.32. The molecule has 0 aromatic heterocycles. The summed E-state index contributed by atoms with van der Waals surface area (Å²) in [4.78, 5) is 0. The van der Waals surface area contributed by atoms with E-state index < -0.39 is 0 Å². The Hall–Kier alpha value is -2.22. The maximum Gasteiger partial charge on any atom is 0.122 e. The summed E-state index contributed by atoms with van der Waals surface area (Å²) in [6.07, 6.45) is 4.05. The first kappa shape index (κ1) is 16.2. The molecule has 0 unspecified atom stereocenters. The zero-order chi connectivity index (χ0) is 16.5. The van der Waals surface area contributed by atoms with Gasteiger partial charge in [-0.25, -0.2) is 0 Å². The van der Waals surface area contributed by atoms with Crippen molar-refractivity contribution < 1.29 is 10.2 Å². The molecule has 0 aliphatic heterocycles. The van der Waals surface area contributed by atoms with E-state index in [2.05, 4.69) is 20.8 Å². The van der Waals surface area contributed by atoms with Gasteiger partial charge >= 0.3 is 0 Å². The Labute approximate surface area is 132 Å². The third kappa shape index (κ3) is 3.51. The zero-order valence-corrected chi connectivity index (χ0v) is 13.9. The largest absolute Gasteiger partial charge is 0.508 e. The van der Waals surface area contributed by atoms with Crippen molar-refractivity contribution in [1.29, 1.82) is 0 Å². The summed E-state index contributed by atoms with van der Waals surface area (Å²) in [5, 5.41) is 19.8. The van der Waals surface area contributed by atoms with Crippen LogP contribution in [0.3, 0.4) is 0 Å². The van der Waals surface area contributed by atoms with E-state index in [4.69, 9.17) is 0 Å². The van der Waals surface area contributed by atoms with Gasteiger partial charge in [0.15, 0.2) is 0 Å². The van der Waals surface area contributed by atoms with E-state index in [0.29, 0.717) is 11.5 Å². The lowest BCUT2D eigenvalue weighted by Gasteiger charge is -2.22. The van der Waals surface area contributed by atoms with Crippen molar-refractivity contribution in [3.8, 4) is 11.5 Å². The first-order valence-corrected chi connectivity index (χ1v) is 7.50. The molecule has 2 aromatic carbocycles. The Bertz CT molecular complexity index is 719. The average molecular weight is 296 g/mol. The molecule has 0 saturated carbocycles. The number of aromatic hydroxyl groups is 2. The lowest BCUT2D eigenvalue weighted by Crippen LogP contribution is -2.12. The highest BCUT2D eigenvalue weighted by molar-refractivity contribution is 5.72. The van der Waals surface area contributed by atoms with E-state index in [1.165, 1.54) is 0 Å². The summed E-state index contributed by atoms with van der Waals surface area (Å²) < 4.78 is 0. The molecule has 116 valence electrons. The van der Waals surface area contributed by atoms with Crippen molar-refractivity contribution in [3.05, 3.63) is 58.1 Å². The average Bonchev–Trinajstić information content (AvgIpc) is 2.42. The lowest BCUT2D eigenvalue weighted by atomic mass is 9.84. The molecule has 0 saturated heterocycles. The molecule has 0 heterocycles. The summed E-state index contributed by atoms with van der Waals surface area (Å²) in [7, 11) is 0. The topological polar surface area (TPSA) is 40.5 Å². The quantitative estimate of drug-likeness (QED) is 0.749. The van der Waals surface area contributed by atoms with Crippen LogP contribution in [0.2, 0.25) is 0 Å². The first-order chi connectivity index (χ1) is 10.2. The number of rotatable bonds is 2. The van der Waals surface area contributed by atoms with Gasteiger partial charge in [-0.1, -0.05) is 39.0 Å². The summed E-state index contributed by atoms with van der Waals surface area (Å²) in [5.74, 6) is 0.692. The van der Waals surface area contributed by atoms with Crippen molar-refractivity contribution in [3.63, 3.8) is 0 Å². The second-order valence-corrected chi connectivity index (χ2v) is 6.86. The minimum atomic E-state index is -0.103. The molecular weight excluding hydrogens is 272 g/mol. The van der Waals surface area contributed by atoms with Crippen molar-refractivity contribution in [2.24, 2.45) is 0 Å². The van der Waals surface area contributed by atoms with Crippen LogP contribution in [0.5, 0.6) is 11.5 Å². The van der Waals surface area contributed by atoms with Gasteiger partial charge in [0.05, 0.1) is 0 Å². The molecule has 0 amide bonds. The Balaban J connectivity index is 2.39. The minimum absolute atomic E-state index is 0.103. The monoisotopic (exact) mass is 296 g/mol. The normalized spacial score (nSPS) is 12.0. The number of hydrogen-bond donors (Lipinski definition) is 2. The van der Waals surface area contributed by atoms with Gasteiger partial charge in [0.25, 0.3) is 0 Å². The lowest BCUT2D eigenvalue weighted by molar-refractivity contribution is 0.443. The van der Waals surface area contributed by atoms with Crippen LogP contribution in [0.25, 0.3) is 12.2 Å². The van der Waals surface area contributed by atoms with Crippen molar-refractivity contribution in [2.45, 2.75) is 40.0 Å². The third-order valence-corrected chi connectivity index (χ3v) is 3.82. The van der Waals surface area contributed by atoms with Crippen molar-refractivity contribution in [1.82, 2.24) is 0 Å². The second-order valence-electron chi connectivity index (χ2n) is 6.86. The molecule has 2 nitrogen and oxygen atoms in total. The van der Waals surface area contributed by atoms with Gasteiger partial charge in [-0.3, -0.25) is 0 Å². The van der Waals surface area contributed by atoms with Gasteiger partial charge in [0.2, 0.25) is 0 Å². The van der Waals surface area contributed by atoms with Crippen LogP contribution in [0.4, 0.5) is 0 Å². The van der Waals surface area contributed by atoms with Gasteiger partial charge in [0.1, 0.15) is 11.5 Å². The molecule has 2 rings (SSSR count). The number of phenols is 2. The molecule has 0 fully saturated rings. The molecule has 0 radical (unpaired) electrons. The van der Waals surface area contributed by atoms with Crippen LogP contribution in [-0.2, 0) is 5.41 Å². The van der Waals surface area contributed by atoms with E-state index in [9.17, 15) is 10.2 Å². The van der Waals surface area contributed by atoms with E-state index in [-0.39, 0.29) is 5.41 Å². The summed E-state index contributed by atoms with van der Waals surface area (Å²) in [6.45, 7) is 10.1. The fourth-order valence-electron chi connectivity index (χ4n) is 2.45. The summed E-state index contributed by atoms with van der Waals surface area (Å²) >= 11 is 0. The van der Waals surface area contributed by atoms with Crippen LogP contribution in [-0.4, -0.2) is 10.2 Å². The molecule has 0 aliphatic rings. The van der Waals surface area contributed by atoms with Crippen LogP contribution >= 0.6 is 0 Å². The van der Waals surface area contributed by atoms with Gasteiger partial charge < -0.3 is 10.2 Å². The minimum Gasteiger partial charge on any atom is -0.508 e. The molecule has 0 spiro atoms. The van der Waals surface area contributed by atoms with Crippen molar-refractivity contribution in [2.75, 3.05) is 0 Å². The molecule has 2 aromatic rings. The number of hydrogen-bond acceptors (Lipinski definition) is 2. The van der Waals surface area contributed by atoms with Gasteiger partial charge in [-0.15, -0.1) is 0 Å². The predicted octanol–water partition coefficient (Wildman–Crippen LogP) is 5.18. The fraction of sp³-hybridized carbons (Fsp3) is 0.300. The van der Waals surface area contributed by atoms with Gasteiger partial charge in [-0.2, -0.15) is 0 Å². The Morgan fingerprint density at radius 3 is 2.00 bits per heavy atom. The SMILES string of the molecule is Cc1cc(/C=C/c2cc(C)c(O)c(C(C)(C)C)c2)ccc1O. The molecule has 0 bridgehead atoms. The van der Waals surface area contributed by atoms with Crippen LogP contribution in [0.15, 0.2) is 30.3 Å². The molecule has 22 heavy (non-hydrogen) atoms. The Morgan fingerprint density at radius 2 is 1.41 bits per heavy atom. The van der Waals surface area contributed by atoms with Gasteiger partial charge in [0, 0.05) is 5.56 Å². The zero-order valence-electron chi connectivity index (χ0n) is 13.9. The van der Waals surface area contributed by atoms with Crippen LogP contribution < -0.4 is 0 Å². The number of phenolic OH excluding ortho intramolecular Hbond substituents is 2. The second kappa shape index (κ2) is 5.88. The maximum atomic E-state index is 10.3. The maximum absolute atomic E-state index is 10.3. The fourth-order valence-corrected chi connectivity index (χ4v) is 2.45. The standard InChI is InChI=1S/C20H24O2/c1-13-10-15(8-9-18(13)21)6-7-16-11-14(2)19(22)17(12-16)20(3,4)5/h6-12,21-22H,1-5H3/b7-6+. The van der Waals surface area contributed by atoms with Crippen LogP contribution in [0, 0.1) is 13.8 Å². The van der Waals surface area contributed by atoms with Gasteiger partial charge in [-0.05, 0) is 65.8 Å². The van der Waals surface area contributed by atoms with E-state index in [1.54, 1.807) is 6.07 Å². The van der Waals surface area contributed by atoms with E-state index >= 15 is 0 Å². The van der Waals surface area contributed by atoms with Crippen molar-refractivity contribution >= 4 is 12.2 Å². The predicted molar refractivity (Wildman–Crippen MR) is 93.3 cm³/mol. The molecule has 2 heteroatoms. The smallest absolute Gasteiger partial charge is 0.122 e. The highest BCUT2D eigenvalue weighted by atomic mass is 16.3. The summed E-state index contributed by atoms with van der Waals surface area (Å²) in [5.41, 5.74) is 4.69. The van der Waals surface area contributed by atoms with E-state index in [0.717, 1.165) is 27.8 Å².